The Bertz CT molecular complexity index is 1290. The van der Waals surface area contributed by atoms with Gasteiger partial charge in [-0.1, -0.05) is 0 Å². The number of hydrogen-bond donors (Lipinski definition) is 3. The number of rotatable bonds is 4. The normalized spacial score (nSPS) is 18.8. The number of nitrogens with two attached hydrogens (primary N) is 2. The van der Waals surface area contributed by atoms with E-state index in [1.54, 1.807) is 31.3 Å². The van der Waals surface area contributed by atoms with Crippen LogP contribution in [0.25, 0.3) is 16.7 Å². The second-order valence-corrected chi connectivity index (χ2v) is 7.56. The number of carboxylic acid groups (broad SMARTS) is 1. The monoisotopic (exact) mass is 420 g/mol. The van der Waals surface area contributed by atoms with Crippen LogP contribution in [0.15, 0.2) is 47.6 Å². The zero-order valence-corrected chi connectivity index (χ0v) is 16.9. The molecule has 3 heterocycles. The Kier molecular flexibility index (Phi) is 4.49. The summed E-state index contributed by atoms with van der Waals surface area (Å²) in [4.78, 5) is 46.6. The lowest BCUT2D eigenvalue weighted by Gasteiger charge is -2.35. The molecule has 0 spiro atoms. The topological polar surface area (TPSA) is 157 Å². The molecular formula is C21H20N6O4. The van der Waals surface area contributed by atoms with E-state index in [1.807, 2.05) is 0 Å². The van der Waals surface area contributed by atoms with Crippen LogP contribution in [0.5, 0.6) is 0 Å². The molecule has 2 amide bonds. The van der Waals surface area contributed by atoms with E-state index in [1.165, 1.54) is 34.7 Å². The number of hydrogen-bond acceptors (Lipinski definition) is 6. The minimum Gasteiger partial charge on any atom is -0.477 e. The number of benzene rings is 1. The lowest BCUT2D eigenvalue weighted by atomic mass is 9.85. The summed E-state index contributed by atoms with van der Waals surface area (Å²) in [5, 5.41) is 10.4. The number of guanidine groups is 1. The first kappa shape index (κ1) is 20.1. The first-order valence-electron chi connectivity index (χ1n) is 9.39. The number of nitrogens with zero attached hydrogens (tertiary/aromatic N) is 4. The van der Waals surface area contributed by atoms with Crippen molar-refractivity contribution in [3.63, 3.8) is 0 Å². The van der Waals surface area contributed by atoms with Gasteiger partial charge in [-0.15, -0.1) is 0 Å². The molecule has 0 fully saturated rings. The van der Waals surface area contributed by atoms with E-state index >= 15 is 0 Å². The van der Waals surface area contributed by atoms with Crippen LogP contribution in [0.4, 0.5) is 0 Å². The van der Waals surface area contributed by atoms with E-state index in [9.17, 15) is 19.5 Å². The summed E-state index contributed by atoms with van der Waals surface area (Å²) >= 11 is 0. The van der Waals surface area contributed by atoms with Gasteiger partial charge in [0.05, 0.1) is 17.6 Å². The third kappa shape index (κ3) is 3.18. The van der Waals surface area contributed by atoms with Crippen molar-refractivity contribution >= 4 is 34.8 Å². The molecular weight excluding hydrogens is 400 g/mol. The third-order valence-electron chi connectivity index (χ3n) is 5.46. The highest BCUT2D eigenvalue weighted by Crippen LogP contribution is 2.38. The van der Waals surface area contributed by atoms with Gasteiger partial charge in [-0.3, -0.25) is 19.1 Å². The SMILES string of the molecule is CN1C(=O)C[C@](C)(c2cc(C(N)=O)ccc2-n2c(C(=O)O)cc3cccnc32)N=C1N. The first-order valence-corrected chi connectivity index (χ1v) is 9.39. The molecule has 0 saturated carbocycles. The van der Waals surface area contributed by atoms with E-state index in [4.69, 9.17) is 11.5 Å². The second kappa shape index (κ2) is 6.94. The number of fused-ring (bicyclic) bond motifs is 1. The number of pyridine rings is 1. The maximum Gasteiger partial charge on any atom is 0.352 e. The molecule has 1 atom stereocenters. The Morgan fingerprint density at radius 2 is 1.97 bits per heavy atom. The maximum atomic E-state index is 12.6. The zero-order valence-electron chi connectivity index (χ0n) is 16.9. The summed E-state index contributed by atoms with van der Waals surface area (Å²) in [6, 6.07) is 9.56. The van der Waals surface area contributed by atoms with E-state index in [2.05, 4.69) is 9.98 Å². The summed E-state index contributed by atoms with van der Waals surface area (Å²) in [6.45, 7) is 1.70. The summed E-state index contributed by atoms with van der Waals surface area (Å²) in [5.74, 6) is -2.07. The van der Waals surface area contributed by atoms with Crippen LogP contribution in [0.3, 0.4) is 0 Å². The lowest BCUT2D eigenvalue weighted by molar-refractivity contribution is -0.128. The molecule has 1 aromatic carbocycles. The van der Waals surface area contributed by atoms with Crippen LogP contribution in [-0.4, -0.2) is 50.3 Å². The van der Waals surface area contributed by atoms with Gasteiger partial charge in [0.2, 0.25) is 11.8 Å². The van der Waals surface area contributed by atoms with Crippen molar-refractivity contribution in [1.82, 2.24) is 14.5 Å². The van der Waals surface area contributed by atoms with E-state index in [0.717, 1.165) is 0 Å². The van der Waals surface area contributed by atoms with Crippen molar-refractivity contribution in [2.45, 2.75) is 18.9 Å². The van der Waals surface area contributed by atoms with E-state index in [-0.39, 0.29) is 29.5 Å². The van der Waals surface area contributed by atoms with Crippen molar-refractivity contribution in [3.05, 3.63) is 59.4 Å². The predicted octanol–water partition coefficient (Wildman–Crippen LogP) is 1.21. The Labute approximate surface area is 176 Å². The van der Waals surface area contributed by atoms with Gasteiger partial charge in [-0.05, 0) is 43.3 Å². The molecule has 2 aromatic heterocycles. The quantitative estimate of drug-likeness (QED) is 0.576. The molecule has 0 radical (unpaired) electrons. The fourth-order valence-corrected chi connectivity index (χ4v) is 3.82. The fraction of sp³-hybridized carbons (Fsp3) is 0.190. The maximum absolute atomic E-state index is 12.6. The predicted molar refractivity (Wildman–Crippen MR) is 113 cm³/mol. The van der Waals surface area contributed by atoms with Gasteiger partial charge in [-0.25, -0.2) is 14.8 Å². The minimum absolute atomic E-state index is 0.0168. The number of primary amides is 1. The third-order valence-corrected chi connectivity index (χ3v) is 5.46. The Morgan fingerprint density at radius 1 is 1.23 bits per heavy atom. The molecule has 10 nitrogen and oxygen atoms in total. The molecule has 0 aliphatic carbocycles. The zero-order chi connectivity index (χ0) is 22.5. The molecule has 0 saturated heterocycles. The number of carboxylic acids is 1. The van der Waals surface area contributed by atoms with Crippen LogP contribution in [0.1, 0.15) is 39.8 Å². The number of amides is 2. The first-order chi connectivity index (χ1) is 14.6. The van der Waals surface area contributed by atoms with Crippen molar-refractivity contribution in [2.24, 2.45) is 16.5 Å². The highest BCUT2D eigenvalue weighted by atomic mass is 16.4. The van der Waals surface area contributed by atoms with Gasteiger partial charge in [0.25, 0.3) is 0 Å². The summed E-state index contributed by atoms with van der Waals surface area (Å²) in [6.07, 6.45) is 1.52. The summed E-state index contributed by atoms with van der Waals surface area (Å²) in [5.41, 5.74) is 11.7. The van der Waals surface area contributed by atoms with E-state index < -0.39 is 17.4 Å². The number of carbonyl (C=O) groups is 3. The molecule has 4 rings (SSSR count). The van der Waals surface area contributed by atoms with Crippen molar-refractivity contribution in [2.75, 3.05) is 7.05 Å². The largest absolute Gasteiger partial charge is 0.477 e. The Morgan fingerprint density at radius 3 is 2.61 bits per heavy atom. The minimum atomic E-state index is -1.16. The van der Waals surface area contributed by atoms with Crippen molar-refractivity contribution in [3.8, 4) is 5.69 Å². The van der Waals surface area contributed by atoms with Crippen molar-refractivity contribution < 1.29 is 19.5 Å². The van der Waals surface area contributed by atoms with Crippen LogP contribution >= 0.6 is 0 Å². The number of carbonyl (C=O) groups excluding carboxylic acids is 2. The smallest absolute Gasteiger partial charge is 0.352 e. The van der Waals surface area contributed by atoms with Gasteiger partial charge >= 0.3 is 5.97 Å². The molecule has 5 N–H and O–H groups in total. The Hall–Kier alpha value is -4.21. The molecule has 158 valence electrons. The standard InChI is InChI=1S/C21H20N6O4/c1-21(10-16(28)26(2)20(23)25-21)13-8-11(17(22)29)5-6-14(13)27-15(19(30)31)9-12-4-3-7-24-18(12)27/h3-9H,10H2,1-2H3,(H2,22,29)(H2,23,25)(H,30,31)/t21-/m1/s1. The molecule has 1 aliphatic heterocycles. The number of aromatic carboxylic acids is 1. The fourth-order valence-electron chi connectivity index (χ4n) is 3.82. The molecule has 0 unspecified atom stereocenters. The van der Waals surface area contributed by atoms with Gasteiger partial charge < -0.3 is 16.6 Å². The van der Waals surface area contributed by atoms with Gasteiger partial charge in [-0.2, -0.15) is 0 Å². The molecule has 3 aromatic rings. The second-order valence-electron chi connectivity index (χ2n) is 7.56. The number of aliphatic imine (C=N–C) groups is 1. The molecule has 1 aliphatic rings. The molecule has 31 heavy (non-hydrogen) atoms. The van der Waals surface area contributed by atoms with Crippen LogP contribution < -0.4 is 11.5 Å². The van der Waals surface area contributed by atoms with E-state index in [0.29, 0.717) is 22.3 Å². The average molecular weight is 420 g/mol. The van der Waals surface area contributed by atoms with Crippen molar-refractivity contribution in [1.29, 1.82) is 0 Å². The van der Waals surface area contributed by atoms with Crippen LogP contribution in [0, 0.1) is 0 Å². The molecule has 10 heteroatoms. The highest BCUT2D eigenvalue weighted by Gasteiger charge is 2.39. The van der Waals surface area contributed by atoms with Crippen LogP contribution in [-0.2, 0) is 10.3 Å². The lowest BCUT2D eigenvalue weighted by Crippen LogP contribution is -2.47. The van der Waals surface area contributed by atoms with Crippen LogP contribution in [0.2, 0.25) is 0 Å². The highest BCUT2D eigenvalue weighted by molar-refractivity contribution is 6.00. The van der Waals surface area contributed by atoms with Gasteiger partial charge in [0.1, 0.15) is 11.3 Å². The average Bonchev–Trinajstić information content (AvgIpc) is 3.11. The van der Waals surface area contributed by atoms with Gasteiger partial charge in [0, 0.05) is 29.8 Å². The summed E-state index contributed by atoms with van der Waals surface area (Å²) in [7, 11) is 1.52. The van der Waals surface area contributed by atoms with Gasteiger partial charge in [0.15, 0.2) is 5.96 Å². The summed E-state index contributed by atoms with van der Waals surface area (Å²) < 4.78 is 1.47. The number of aromatic nitrogens is 2. The molecule has 0 bridgehead atoms. The Balaban J connectivity index is 2.08.